The smallest absolute Gasteiger partial charge is 0.266 e. The number of hydrogen-bond donors (Lipinski definition) is 0. The van der Waals surface area contributed by atoms with E-state index in [1.54, 1.807) is 0 Å². The maximum absolute atomic E-state index is 12.4. The lowest BCUT2D eigenvalue weighted by molar-refractivity contribution is 0.110. The van der Waals surface area contributed by atoms with Crippen LogP contribution in [0.2, 0.25) is 0 Å². The van der Waals surface area contributed by atoms with Crippen molar-refractivity contribution in [1.29, 1.82) is 0 Å². The molecule has 0 saturated carbocycles. The van der Waals surface area contributed by atoms with Gasteiger partial charge in [-0.3, -0.25) is 9.78 Å². The topological polar surface area (TPSA) is 30.0 Å². The molecule has 1 heterocycles. The summed E-state index contributed by atoms with van der Waals surface area (Å²) in [6.45, 7) is 0. The number of carbonyl (C=O) groups excluding carboxylic acids is 1. The molecule has 1 aromatic rings. The number of nitrogens with zero attached hydrogens (tertiary/aromatic N) is 1. The van der Waals surface area contributed by atoms with Gasteiger partial charge >= 0.3 is 0 Å². The molecule has 13 heavy (non-hydrogen) atoms. The zero-order valence-corrected chi connectivity index (χ0v) is 7.26. The number of rotatable bonds is 3. The summed E-state index contributed by atoms with van der Waals surface area (Å²) in [6, 6.07) is 1.24. The molecule has 0 fully saturated rings. The van der Waals surface area contributed by atoms with Crippen molar-refractivity contribution in [3.05, 3.63) is 29.1 Å². The Bertz CT molecular complexity index is 317. The normalized spacial score (nSPS) is 10.5. The van der Waals surface area contributed by atoms with E-state index in [-0.39, 0.29) is 22.7 Å². The van der Waals surface area contributed by atoms with Gasteiger partial charge in [-0.2, -0.15) is 0 Å². The first-order valence-electron chi connectivity index (χ1n) is 3.47. The molecule has 0 bridgehead atoms. The van der Waals surface area contributed by atoms with Crippen molar-refractivity contribution >= 4 is 17.9 Å². The fraction of sp³-hybridized carbons (Fsp3) is 0.250. The van der Waals surface area contributed by atoms with E-state index in [0.717, 1.165) is 0 Å². The van der Waals surface area contributed by atoms with E-state index in [4.69, 9.17) is 11.6 Å². The van der Waals surface area contributed by atoms with Crippen molar-refractivity contribution < 1.29 is 13.6 Å². The number of hydrogen-bond acceptors (Lipinski definition) is 2. The third-order valence-electron chi connectivity index (χ3n) is 1.58. The van der Waals surface area contributed by atoms with E-state index >= 15 is 0 Å². The van der Waals surface area contributed by atoms with Crippen LogP contribution in [0.3, 0.4) is 0 Å². The van der Waals surface area contributed by atoms with Crippen LogP contribution in [0.25, 0.3) is 0 Å². The molecule has 0 aliphatic rings. The molecular weight excluding hydrogens is 200 g/mol. The second-order valence-corrected chi connectivity index (χ2v) is 2.58. The summed E-state index contributed by atoms with van der Waals surface area (Å²) < 4.78 is 24.8. The average Bonchev–Trinajstić information content (AvgIpc) is 2.16. The molecule has 5 heteroatoms. The van der Waals surface area contributed by atoms with E-state index in [9.17, 15) is 13.6 Å². The van der Waals surface area contributed by atoms with Gasteiger partial charge in [0, 0.05) is 11.8 Å². The number of carbonyl (C=O) groups is 1. The fourth-order valence-electron chi connectivity index (χ4n) is 0.995. The molecule has 0 unspecified atom stereocenters. The molecule has 70 valence electrons. The molecule has 1 rings (SSSR count). The van der Waals surface area contributed by atoms with Crippen LogP contribution in [0.15, 0.2) is 12.3 Å². The average molecular weight is 206 g/mol. The van der Waals surface area contributed by atoms with Crippen molar-refractivity contribution in [3.63, 3.8) is 0 Å². The van der Waals surface area contributed by atoms with Crippen LogP contribution in [0.5, 0.6) is 0 Å². The molecule has 0 atom stereocenters. The Morgan fingerprint density at radius 1 is 1.62 bits per heavy atom. The lowest BCUT2D eigenvalue weighted by Crippen LogP contribution is -2.01. The summed E-state index contributed by atoms with van der Waals surface area (Å²) in [4.78, 5) is 14.1. The Morgan fingerprint density at radius 3 is 2.77 bits per heavy atom. The van der Waals surface area contributed by atoms with Crippen LogP contribution in [0.1, 0.15) is 28.0 Å². The Labute approximate surface area is 78.5 Å². The van der Waals surface area contributed by atoms with Crippen LogP contribution >= 0.6 is 11.6 Å². The summed E-state index contributed by atoms with van der Waals surface area (Å²) in [5, 5.41) is 0. The third kappa shape index (κ3) is 2.01. The summed E-state index contributed by atoms with van der Waals surface area (Å²) in [5.41, 5.74) is -0.366. The molecular formula is C8H6ClF2NO. The van der Waals surface area contributed by atoms with Gasteiger partial charge in [0.2, 0.25) is 0 Å². The van der Waals surface area contributed by atoms with Crippen LogP contribution in [-0.2, 0) is 5.88 Å². The second-order valence-electron chi connectivity index (χ2n) is 2.31. The van der Waals surface area contributed by atoms with Gasteiger partial charge in [0.15, 0.2) is 6.29 Å². The van der Waals surface area contributed by atoms with Gasteiger partial charge in [0.05, 0.1) is 17.1 Å². The molecule has 0 aliphatic heterocycles. The minimum absolute atomic E-state index is 0.0550. The van der Waals surface area contributed by atoms with Gasteiger partial charge in [-0.25, -0.2) is 8.78 Å². The highest BCUT2D eigenvalue weighted by Gasteiger charge is 2.17. The first kappa shape index (κ1) is 10.1. The van der Waals surface area contributed by atoms with Crippen LogP contribution in [0, 0.1) is 0 Å². The first-order valence-corrected chi connectivity index (χ1v) is 4.01. The zero-order valence-electron chi connectivity index (χ0n) is 6.51. The summed E-state index contributed by atoms with van der Waals surface area (Å²) in [7, 11) is 0. The molecule has 0 saturated heterocycles. The van der Waals surface area contributed by atoms with Gasteiger partial charge in [-0.05, 0) is 6.07 Å². The quantitative estimate of drug-likeness (QED) is 0.561. The number of aromatic nitrogens is 1. The monoisotopic (exact) mass is 205 g/mol. The Kier molecular flexibility index (Phi) is 3.31. The number of halogens is 3. The Morgan fingerprint density at radius 2 is 2.31 bits per heavy atom. The number of pyridine rings is 1. The minimum atomic E-state index is -2.72. The predicted molar refractivity (Wildman–Crippen MR) is 44.1 cm³/mol. The minimum Gasteiger partial charge on any atom is -0.298 e. The van der Waals surface area contributed by atoms with E-state index in [1.165, 1.54) is 12.3 Å². The van der Waals surface area contributed by atoms with Gasteiger partial charge in [-0.1, -0.05) is 0 Å². The zero-order chi connectivity index (χ0) is 9.84. The molecule has 0 amide bonds. The van der Waals surface area contributed by atoms with Crippen molar-refractivity contribution in [2.75, 3.05) is 0 Å². The molecule has 2 nitrogen and oxygen atoms in total. The van der Waals surface area contributed by atoms with Gasteiger partial charge in [0.25, 0.3) is 6.43 Å². The molecule has 0 spiro atoms. The van der Waals surface area contributed by atoms with Crippen LogP contribution < -0.4 is 0 Å². The highest BCUT2D eigenvalue weighted by atomic mass is 35.5. The molecule has 1 aromatic heterocycles. The highest BCUT2D eigenvalue weighted by Crippen LogP contribution is 2.25. The van der Waals surface area contributed by atoms with E-state index in [1.807, 2.05) is 0 Å². The van der Waals surface area contributed by atoms with E-state index in [2.05, 4.69) is 4.98 Å². The highest BCUT2D eigenvalue weighted by molar-refractivity contribution is 6.17. The molecule has 0 aromatic carbocycles. The Hall–Kier alpha value is -1.03. The van der Waals surface area contributed by atoms with Crippen LogP contribution in [0.4, 0.5) is 8.78 Å². The van der Waals surface area contributed by atoms with Gasteiger partial charge < -0.3 is 0 Å². The van der Waals surface area contributed by atoms with Crippen molar-refractivity contribution in [1.82, 2.24) is 4.98 Å². The standard InChI is InChI=1S/C8H6ClF2NO/c9-3-6-7(8(10)11)5(4-13)1-2-12-6/h1-2,4,8H,3H2. The second kappa shape index (κ2) is 4.28. The SMILES string of the molecule is O=Cc1ccnc(CCl)c1C(F)F. The molecule has 0 N–H and O–H groups in total. The predicted octanol–water partition coefficient (Wildman–Crippen LogP) is 2.57. The largest absolute Gasteiger partial charge is 0.298 e. The number of alkyl halides is 3. The van der Waals surface area contributed by atoms with E-state index < -0.39 is 6.43 Å². The van der Waals surface area contributed by atoms with Crippen LogP contribution in [-0.4, -0.2) is 11.3 Å². The van der Waals surface area contributed by atoms with Crippen molar-refractivity contribution in [3.8, 4) is 0 Å². The van der Waals surface area contributed by atoms with Gasteiger partial charge in [-0.15, -0.1) is 11.6 Å². The van der Waals surface area contributed by atoms with Crippen molar-refractivity contribution in [2.45, 2.75) is 12.3 Å². The summed E-state index contributed by atoms with van der Waals surface area (Å²) in [6.07, 6.45) is -1.06. The summed E-state index contributed by atoms with van der Waals surface area (Å²) >= 11 is 5.39. The van der Waals surface area contributed by atoms with Gasteiger partial charge in [0.1, 0.15) is 0 Å². The maximum atomic E-state index is 12.4. The lowest BCUT2D eigenvalue weighted by atomic mass is 10.1. The fourth-order valence-corrected chi connectivity index (χ4v) is 1.21. The first-order chi connectivity index (χ1) is 6.20. The van der Waals surface area contributed by atoms with E-state index in [0.29, 0.717) is 6.29 Å². The maximum Gasteiger partial charge on any atom is 0.266 e. The molecule has 0 aliphatic carbocycles. The molecule has 0 radical (unpaired) electrons. The Balaban J connectivity index is 3.29. The summed E-state index contributed by atoms with van der Waals surface area (Å²) in [5.74, 6) is -0.124. The van der Waals surface area contributed by atoms with Crippen molar-refractivity contribution in [2.24, 2.45) is 0 Å². The lowest BCUT2D eigenvalue weighted by Gasteiger charge is -2.06. The number of aldehydes is 1. The third-order valence-corrected chi connectivity index (χ3v) is 1.83.